The topological polar surface area (TPSA) is 92.8 Å². The lowest BCUT2D eigenvalue weighted by atomic mass is 9.90. The second kappa shape index (κ2) is 7.58. The molecule has 26 heavy (non-hydrogen) atoms. The van der Waals surface area contributed by atoms with Crippen LogP contribution in [0.3, 0.4) is 0 Å². The molecule has 2 aliphatic rings. The summed E-state index contributed by atoms with van der Waals surface area (Å²) in [6.07, 6.45) is 2.94. The molecule has 0 aromatic heterocycles. The SMILES string of the molecule is COc1ccc(S(=O)(=O)N[C@@H]2CCCC[C@@H]2N2C(=O)CSC2=O)cc1C. The van der Waals surface area contributed by atoms with Crippen LogP contribution in [0.4, 0.5) is 4.79 Å². The van der Waals surface area contributed by atoms with E-state index in [1.54, 1.807) is 19.1 Å². The van der Waals surface area contributed by atoms with Gasteiger partial charge in [-0.15, -0.1) is 0 Å². The monoisotopic (exact) mass is 398 g/mol. The third-order valence-electron chi connectivity index (χ3n) is 4.83. The predicted molar refractivity (Wildman–Crippen MR) is 98.8 cm³/mol. The lowest BCUT2D eigenvalue weighted by Crippen LogP contribution is -2.54. The minimum absolute atomic E-state index is 0.131. The Labute approximate surface area is 157 Å². The van der Waals surface area contributed by atoms with Crippen molar-refractivity contribution in [3.8, 4) is 5.75 Å². The highest BCUT2D eigenvalue weighted by Crippen LogP contribution is 2.31. The molecule has 2 fully saturated rings. The summed E-state index contributed by atoms with van der Waals surface area (Å²) in [6, 6.07) is 3.78. The molecule has 1 saturated heterocycles. The first kappa shape index (κ1) is 19.2. The van der Waals surface area contributed by atoms with Crippen molar-refractivity contribution in [2.45, 2.75) is 49.6 Å². The number of hydrogen-bond donors (Lipinski definition) is 1. The smallest absolute Gasteiger partial charge is 0.289 e. The van der Waals surface area contributed by atoms with Gasteiger partial charge in [-0.25, -0.2) is 13.1 Å². The second-order valence-electron chi connectivity index (χ2n) is 6.53. The van der Waals surface area contributed by atoms with Gasteiger partial charge in [0.15, 0.2) is 0 Å². The largest absolute Gasteiger partial charge is 0.496 e. The Morgan fingerprint density at radius 1 is 1.23 bits per heavy atom. The molecule has 0 spiro atoms. The molecule has 1 aromatic rings. The molecule has 2 atom stereocenters. The number of methoxy groups -OCH3 is 1. The van der Waals surface area contributed by atoms with E-state index in [4.69, 9.17) is 4.74 Å². The molecule has 7 nitrogen and oxygen atoms in total. The summed E-state index contributed by atoms with van der Waals surface area (Å²) in [6.45, 7) is 1.78. The van der Waals surface area contributed by atoms with Gasteiger partial charge in [0.1, 0.15) is 5.75 Å². The number of carbonyl (C=O) groups excluding carboxylic acids is 2. The standard InChI is InChI=1S/C17H22N2O5S2/c1-11-9-12(7-8-15(11)24-2)26(22,23)18-13-5-3-4-6-14(13)19-16(20)10-25-17(19)21/h7-9,13-14,18H,3-6,10H2,1-2H3/t13-,14+/m1/s1. The fourth-order valence-electron chi connectivity index (χ4n) is 3.53. The normalized spacial score (nSPS) is 24.2. The number of benzene rings is 1. The van der Waals surface area contributed by atoms with Gasteiger partial charge in [-0.05, 0) is 43.5 Å². The zero-order valence-electron chi connectivity index (χ0n) is 14.7. The Morgan fingerprint density at radius 2 is 1.96 bits per heavy atom. The van der Waals surface area contributed by atoms with Crippen LogP contribution in [0.15, 0.2) is 23.1 Å². The molecule has 1 aliphatic heterocycles. The van der Waals surface area contributed by atoms with Crippen LogP contribution in [-0.4, -0.2) is 49.4 Å². The Hall–Kier alpha value is -1.58. The fourth-order valence-corrected chi connectivity index (χ4v) is 5.68. The van der Waals surface area contributed by atoms with E-state index in [0.717, 1.165) is 30.2 Å². The van der Waals surface area contributed by atoms with Crippen LogP contribution >= 0.6 is 11.8 Å². The molecular formula is C17H22N2O5S2. The van der Waals surface area contributed by atoms with Crippen LogP contribution < -0.4 is 9.46 Å². The lowest BCUT2D eigenvalue weighted by molar-refractivity contribution is -0.127. The summed E-state index contributed by atoms with van der Waals surface area (Å²) >= 11 is 0.976. The van der Waals surface area contributed by atoms with E-state index in [1.165, 1.54) is 18.1 Å². The second-order valence-corrected chi connectivity index (χ2v) is 9.17. The van der Waals surface area contributed by atoms with E-state index in [1.807, 2.05) is 0 Å². The van der Waals surface area contributed by atoms with Crippen molar-refractivity contribution in [3.63, 3.8) is 0 Å². The lowest BCUT2D eigenvalue weighted by Gasteiger charge is -2.36. The van der Waals surface area contributed by atoms with E-state index in [0.29, 0.717) is 18.6 Å². The maximum Gasteiger partial charge on any atom is 0.289 e. The van der Waals surface area contributed by atoms with E-state index < -0.39 is 22.1 Å². The van der Waals surface area contributed by atoms with Crippen LogP contribution in [0.2, 0.25) is 0 Å². The molecule has 1 aliphatic carbocycles. The Bertz CT molecular complexity index is 808. The third kappa shape index (κ3) is 3.74. The number of amides is 2. The van der Waals surface area contributed by atoms with Gasteiger partial charge in [0.2, 0.25) is 15.9 Å². The number of nitrogens with one attached hydrogen (secondary N) is 1. The minimum atomic E-state index is -3.77. The van der Waals surface area contributed by atoms with Gasteiger partial charge >= 0.3 is 0 Å². The van der Waals surface area contributed by atoms with Crippen molar-refractivity contribution in [3.05, 3.63) is 23.8 Å². The highest BCUT2D eigenvalue weighted by Gasteiger charge is 2.42. The van der Waals surface area contributed by atoms with Gasteiger partial charge in [-0.2, -0.15) is 0 Å². The van der Waals surface area contributed by atoms with E-state index in [9.17, 15) is 18.0 Å². The fraction of sp³-hybridized carbons (Fsp3) is 0.529. The van der Waals surface area contributed by atoms with Crippen LogP contribution in [0.1, 0.15) is 31.2 Å². The first-order valence-corrected chi connectivity index (χ1v) is 11.0. The number of sulfonamides is 1. The number of nitrogens with zero attached hydrogens (tertiary/aromatic N) is 1. The summed E-state index contributed by atoms with van der Waals surface area (Å²) in [5, 5.41) is -0.286. The zero-order valence-corrected chi connectivity index (χ0v) is 16.4. The van der Waals surface area contributed by atoms with Gasteiger partial charge < -0.3 is 4.74 Å². The van der Waals surface area contributed by atoms with Gasteiger partial charge in [-0.1, -0.05) is 24.6 Å². The van der Waals surface area contributed by atoms with Gasteiger partial charge in [-0.3, -0.25) is 14.5 Å². The number of imide groups is 1. The number of aryl methyl sites for hydroxylation is 1. The number of hydrogen-bond acceptors (Lipinski definition) is 6. The number of rotatable bonds is 5. The van der Waals surface area contributed by atoms with Crippen molar-refractivity contribution in [2.75, 3.05) is 12.9 Å². The van der Waals surface area contributed by atoms with Crippen molar-refractivity contribution in [1.82, 2.24) is 9.62 Å². The van der Waals surface area contributed by atoms with Crippen molar-refractivity contribution < 1.29 is 22.7 Å². The molecule has 142 valence electrons. The zero-order chi connectivity index (χ0) is 18.9. The molecule has 1 heterocycles. The summed E-state index contributed by atoms with van der Waals surface area (Å²) in [5.74, 6) is 0.508. The molecule has 2 amide bonds. The van der Waals surface area contributed by atoms with E-state index in [2.05, 4.69) is 4.72 Å². The molecule has 0 bridgehead atoms. The molecule has 1 aromatic carbocycles. The van der Waals surface area contributed by atoms with Crippen LogP contribution in [0, 0.1) is 6.92 Å². The molecule has 0 unspecified atom stereocenters. The van der Waals surface area contributed by atoms with E-state index in [-0.39, 0.29) is 21.8 Å². The molecule has 9 heteroatoms. The highest BCUT2D eigenvalue weighted by molar-refractivity contribution is 8.14. The first-order chi connectivity index (χ1) is 12.3. The Balaban J connectivity index is 1.83. The third-order valence-corrected chi connectivity index (χ3v) is 7.15. The molecule has 3 rings (SSSR count). The van der Waals surface area contributed by atoms with Crippen molar-refractivity contribution >= 4 is 32.9 Å². The van der Waals surface area contributed by atoms with Crippen molar-refractivity contribution in [2.24, 2.45) is 0 Å². The Kier molecular flexibility index (Phi) is 5.59. The van der Waals surface area contributed by atoms with E-state index >= 15 is 0 Å². The summed E-state index contributed by atoms with van der Waals surface area (Å²) < 4.78 is 33.6. The first-order valence-electron chi connectivity index (χ1n) is 8.49. The average Bonchev–Trinajstić information content (AvgIpc) is 2.93. The maximum atomic E-state index is 12.8. The number of ether oxygens (including phenoxy) is 1. The number of thioether (sulfide) groups is 1. The van der Waals surface area contributed by atoms with Gasteiger partial charge in [0.05, 0.1) is 23.8 Å². The van der Waals surface area contributed by atoms with Gasteiger partial charge in [0, 0.05) is 6.04 Å². The summed E-state index contributed by atoms with van der Waals surface area (Å²) in [5.41, 5.74) is 0.719. The quantitative estimate of drug-likeness (QED) is 0.818. The summed E-state index contributed by atoms with van der Waals surface area (Å²) in [4.78, 5) is 25.5. The molecular weight excluding hydrogens is 376 g/mol. The van der Waals surface area contributed by atoms with Gasteiger partial charge in [0.25, 0.3) is 5.24 Å². The molecule has 1 N–H and O–H groups in total. The molecule has 1 saturated carbocycles. The van der Waals surface area contributed by atoms with Crippen molar-refractivity contribution in [1.29, 1.82) is 0 Å². The molecule has 0 radical (unpaired) electrons. The average molecular weight is 399 g/mol. The van der Waals surface area contributed by atoms with Crippen LogP contribution in [-0.2, 0) is 14.8 Å². The predicted octanol–water partition coefficient (Wildman–Crippen LogP) is 2.29. The van der Waals surface area contributed by atoms with Crippen LogP contribution in [0.25, 0.3) is 0 Å². The maximum absolute atomic E-state index is 12.8. The summed E-state index contributed by atoms with van der Waals surface area (Å²) in [7, 11) is -2.24. The highest BCUT2D eigenvalue weighted by atomic mass is 32.2. The number of carbonyl (C=O) groups is 2. The Morgan fingerprint density at radius 3 is 2.58 bits per heavy atom. The minimum Gasteiger partial charge on any atom is -0.496 e. The van der Waals surface area contributed by atoms with Crippen LogP contribution in [0.5, 0.6) is 5.75 Å².